The fourth-order valence-corrected chi connectivity index (χ4v) is 0.979. The molecule has 0 aliphatic carbocycles. The standard InChI is InChI=1S/C7H9ClN4O/c1-4-6(7(8)12-10-4)3-9-11-5(2)13/h3H,1-2H3,(H,10,12)(H,11,13)/b9-3+. The zero-order valence-electron chi connectivity index (χ0n) is 7.26. The van der Waals surface area contributed by atoms with Gasteiger partial charge in [-0.05, 0) is 6.92 Å². The first-order chi connectivity index (χ1) is 6.11. The Hall–Kier alpha value is -1.36. The average molecular weight is 201 g/mol. The van der Waals surface area contributed by atoms with Crippen LogP contribution in [0.15, 0.2) is 5.10 Å². The highest BCUT2D eigenvalue weighted by atomic mass is 35.5. The lowest BCUT2D eigenvalue weighted by Crippen LogP contribution is -2.12. The predicted molar refractivity (Wildman–Crippen MR) is 49.7 cm³/mol. The molecule has 70 valence electrons. The molecule has 1 amide bonds. The first kappa shape index (κ1) is 9.73. The molecule has 13 heavy (non-hydrogen) atoms. The summed E-state index contributed by atoms with van der Waals surface area (Å²) < 4.78 is 0. The van der Waals surface area contributed by atoms with E-state index in [1.807, 2.05) is 6.92 Å². The average Bonchev–Trinajstić information content (AvgIpc) is 2.34. The normalized spacial score (nSPS) is 10.7. The van der Waals surface area contributed by atoms with Crippen LogP contribution in [0.1, 0.15) is 18.2 Å². The number of hydrazone groups is 1. The van der Waals surface area contributed by atoms with Crippen LogP contribution in [0.25, 0.3) is 0 Å². The van der Waals surface area contributed by atoms with Crippen molar-refractivity contribution in [3.05, 3.63) is 16.4 Å². The zero-order chi connectivity index (χ0) is 9.84. The van der Waals surface area contributed by atoms with Gasteiger partial charge in [0.15, 0.2) is 5.15 Å². The highest BCUT2D eigenvalue weighted by Gasteiger charge is 2.04. The second-order valence-electron chi connectivity index (χ2n) is 2.48. The number of aromatic amines is 1. The van der Waals surface area contributed by atoms with Gasteiger partial charge >= 0.3 is 0 Å². The molecular weight excluding hydrogens is 192 g/mol. The van der Waals surface area contributed by atoms with Crippen molar-refractivity contribution < 1.29 is 4.79 Å². The molecule has 2 N–H and O–H groups in total. The highest BCUT2D eigenvalue weighted by molar-refractivity contribution is 6.32. The number of aromatic nitrogens is 2. The number of nitrogens with zero attached hydrogens (tertiary/aromatic N) is 2. The van der Waals surface area contributed by atoms with Gasteiger partial charge in [0, 0.05) is 12.6 Å². The summed E-state index contributed by atoms with van der Waals surface area (Å²) >= 11 is 5.71. The molecule has 1 rings (SSSR count). The number of hydrogen-bond acceptors (Lipinski definition) is 3. The third kappa shape index (κ3) is 2.55. The molecule has 0 radical (unpaired) electrons. The van der Waals surface area contributed by atoms with E-state index in [-0.39, 0.29) is 5.91 Å². The summed E-state index contributed by atoms with van der Waals surface area (Å²) in [6.07, 6.45) is 1.45. The fourth-order valence-electron chi connectivity index (χ4n) is 0.746. The van der Waals surface area contributed by atoms with Crippen LogP contribution in [0.3, 0.4) is 0 Å². The summed E-state index contributed by atoms with van der Waals surface area (Å²) in [5, 5.41) is 10.4. The molecule has 1 heterocycles. The summed E-state index contributed by atoms with van der Waals surface area (Å²) in [4.78, 5) is 10.5. The minimum atomic E-state index is -0.228. The quantitative estimate of drug-likeness (QED) is 0.549. The maximum atomic E-state index is 10.5. The van der Waals surface area contributed by atoms with Crippen LogP contribution in [0.4, 0.5) is 0 Å². The van der Waals surface area contributed by atoms with E-state index in [2.05, 4.69) is 20.7 Å². The van der Waals surface area contributed by atoms with E-state index in [4.69, 9.17) is 11.6 Å². The van der Waals surface area contributed by atoms with Gasteiger partial charge in [0.2, 0.25) is 5.91 Å². The fraction of sp³-hybridized carbons (Fsp3) is 0.286. The lowest BCUT2D eigenvalue weighted by Gasteiger charge is -1.91. The van der Waals surface area contributed by atoms with Gasteiger partial charge in [-0.15, -0.1) is 0 Å². The topological polar surface area (TPSA) is 70.1 Å². The molecule has 0 spiro atoms. The van der Waals surface area contributed by atoms with E-state index in [1.165, 1.54) is 13.1 Å². The monoisotopic (exact) mass is 200 g/mol. The van der Waals surface area contributed by atoms with Crippen LogP contribution < -0.4 is 5.43 Å². The molecule has 0 saturated carbocycles. The van der Waals surface area contributed by atoms with Crippen molar-refractivity contribution in [2.45, 2.75) is 13.8 Å². The predicted octanol–water partition coefficient (Wildman–Crippen LogP) is 0.842. The number of amides is 1. The van der Waals surface area contributed by atoms with Gasteiger partial charge in [0.25, 0.3) is 0 Å². The maximum Gasteiger partial charge on any atom is 0.236 e. The van der Waals surface area contributed by atoms with Gasteiger partial charge in [-0.25, -0.2) is 5.43 Å². The molecule has 0 fully saturated rings. The van der Waals surface area contributed by atoms with Gasteiger partial charge in [-0.2, -0.15) is 10.2 Å². The van der Waals surface area contributed by atoms with Crippen LogP contribution in [0.5, 0.6) is 0 Å². The minimum absolute atomic E-state index is 0.228. The molecule has 5 nitrogen and oxygen atoms in total. The Morgan fingerprint density at radius 1 is 1.77 bits per heavy atom. The number of carbonyl (C=O) groups excluding carboxylic acids is 1. The molecule has 0 aliphatic heterocycles. The maximum absolute atomic E-state index is 10.5. The van der Waals surface area contributed by atoms with E-state index < -0.39 is 0 Å². The Morgan fingerprint density at radius 2 is 2.46 bits per heavy atom. The summed E-state index contributed by atoms with van der Waals surface area (Å²) in [6.45, 7) is 3.19. The van der Waals surface area contributed by atoms with E-state index in [9.17, 15) is 4.79 Å². The van der Waals surface area contributed by atoms with Crippen molar-refractivity contribution in [3.63, 3.8) is 0 Å². The van der Waals surface area contributed by atoms with Crippen molar-refractivity contribution in [2.75, 3.05) is 0 Å². The number of H-pyrrole nitrogens is 1. The molecular formula is C7H9ClN4O. The van der Waals surface area contributed by atoms with E-state index in [0.717, 1.165) is 5.69 Å². The molecule has 1 aromatic heterocycles. The SMILES string of the molecule is CC(=O)N/N=C/c1c(Cl)n[nH]c1C. The van der Waals surface area contributed by atoms with E-state index in [1.54, 1.807) is 0 Å². The molecule has 0 aliphatic rings. The van der Waals surface area contributed by atoms with Gasteiger partial charge in [-0.3, -0.25) is 9.89 Å². The van der Waals surface area contributed by atoms with Crippen molar-refractivity contribution in [2.24, 2.45) is 5.10 Å². The second kappa shape index (κ2) is 4.04. The van der Waals surface area contributed by atoms with Crippen LogP contribution in [0, 0.1) is 6.92 Å². The Morgan fingerprint density at radius 3 is 2.92 bits per heavy atom. The van der Waals surface area contributed by atoms with Crippen molar-refractivity contribution >= 4 is 23.7 Å². The van der Waals surface area contributed by atoms with Gasteiger partial charge in [0.05, 0.1) is 11.8 Å². The molecule has 6 heteroatoms. The zero-order valence-corrected chi connectivity index (χ0v) is 8.01. The van der Waals surface area contributed by atoms with Crippen molar-refractivity contribution in [1.82, 2.24) is 15.6 Å². The largest absolute Gasteiger partial charge is 0.281 e. The van der Waals surface area contributed by atoms with E-state index in [0.29, 0.717) is 10.7 Å². The number of carbonyl (C=O) groups is 1. The Bertz CT molecular complexity index is 325. The number of hydrogen-bond donors (Lipinski definition) is 2. The number of rotatable bonds is 2. The number of nitrogens with one attached hydrogen (secondary N) is 2. The molecule has 0 saturated heterocycles. The minimum Gasteiger partial charge on any atom is -0.281 e. The molecule has 0 atom stereocenters. The van der Waals surface area contributed by atoms with Crippen LogP contribution in [-0.4, -0.2) is 22.3 Å². The van der Waals surface area contributed by atoms with Gasteiger partial charge in [-0.1, -0.05) is 11.6 Å². The van der Waals surface area contributed by atoms with Gasteiger partial charge < -0.3 is 0 Å². The molecule has 0 unspecified atom stereocenters. The Balaban J connectivity index is 2.73. The van der Waals surface area contributed by atoms with Crippen LogP contribution >= 0.6 is 11.6 Å². The molecule has 0 bridgehead atoms. The lowest BCUT2D eigenvalue weighted by atomic mass is 10.3. The lowest BCUT2D eigenvalue weighted by molar-refractivity contribution is -0.118. The summed E-state index contributed by atoms with van der Waals surface area (Å²) in [5.74, 6) is -0.228. The van der Waals surface area contributed by atoms with Crippen LogP contribution in [-0.2, 0) is 4.79 Å². The van der Waals surface area contributed by atoms with Gasteiger partial charge in [0.1, 0.15) is 0 Å². The number of aryl methyl sites for hydroxylation is 1. The summed E-state index contributed by atoms with van der Waals surface area (Å²) in [5.41, 5.74) is 3.75. The first-order valence-corrected chi connectivity index (χ1v) is 3.99. The smallest absolute Gasteiger partial charge is 0.236 e. The second-order valence-corrected chi connectivity index (χ2v) is 2.84. The third-order valence-electron chi connectivity index (χ3n) is 1.36. The highest BCUT2D eigenvalue weighted by Crippen LogP contribution is 2.12. The van der Waals surface area contributed by atoms with E-state index >= 15 is 0 Å². The Labute approximate surface area is 80.2 Å². The number of halogens is 1. The summed E-state index contributed by atoms with van der Waals surface area (Å²) in [6, 6.07) is 0. The molecule has 1 aromatic rings. The third-order valence-corrected chi connectivity index (χ3v) is 1.65. The van der Waals surface area contributed by atoms with Crippen molar-refractivity contribution in [3.8, 4) is 0 Å². The van der Waals surface area contributed by atoms with Crippen molar-refractivity contribution in [1.29, 1.82) is 0 Å². The van der Waals surface area contributed by atoms with Crippen LogP contribution in [0.2, 0.25) is 5.15 Å². The Kier molecular flexibility index (Phi) is 3.02. The molecule has 0 aromatic carbocycles. The first-order valence-electron chi connectivity index (χ1n) is 3.61. The summed E-state index contributed by atoms with van der Waals surface area (Å²) in [7, 11) is 0.